The van der Waals surface area contributed by atoms with Crippen LogP contribution >= 0.6 is 0 Å². The summed E-state index contributed by atoms with van der Waals surface area (Å²) in [6.07, 6.45) is -1.25. The van der Waals surface area contributed by atoms with Crippen LogP contribution in [0.25, 0.3) is 0 Å². The Morgan fingerprint density at radius 2 is 1.64 bits per heavy atom. The van der Waals surface area contributed by atoms with Crippen LogP contribution in [0, 0.1) is 13.8 Å². The number of carbonyl (C=O) groups is 2. The lowest BCUT2D eigenvalue weighted by Gasteiger charge is -2.19. The highest BCUT2D eigenvalue weighted by Crippen LogP contribution is 2.31. The maximum atomic E-state index is 13.1. The van der Waals surface area contributed by atoms with Crippen molar-refractivity contribution in [2.75, 3.05) is 12.4 Å². The molecule has 6 nitrogen and oxygen atoms in total. The number of aryl methyl sites for hydroxylation is 2. The van der Waals surface area contributed by atoms with Crippen LogP contribution < -0.4 is 14.8 Å². The minimum absolute atomic E-state index is 0.00827. The van der Waals surface area contributed by atoms with E-state index in [4.69, 9.17) is 9.47 Å². The molecule has 0 heterocycles. The molecular weight excluding hydrogens is 432 g/mol. The van der Waals surface area contributed by atoms with Gasteiger partial charge in [-0.3, -0.25) is 4.79 Å². The van der Waals surface area contributed by atoms with Gasteiger partial charge in [0.1, 0.15) is 0 Å². The molecule has 0 spiro atoms. The third-order valence-corrected chi connectivity index (χ3v) is 4.83. The fourth-order valence-electron chi connectivity index (χ4n) is 3.13. The molecule has 0 aliphatic heterocycles. The Hall–Kier alpha value is -3.94. The molecule has 0 saturated heterocycles. The third kappa shape index (κ3) is 6.06. The first-order valence-electron chi connectivity index (χ1n) is 10.1. The summed E-state index contributed by atoms with van der Waals surface area (Å²) < 4.78 is 40.1. The van der Waals surface area contributed by atoms with E-state index in [1.807, 2.05) is 32.0 Å². The van der Waals surface area contributed by atoms with E-state index in [0.29, 0.717) is 11.3 Å². The molecule has 0 bridgehead atoms. The van der Waals surface area contributed by atoms with Crippen LogP contribution in [0.2, 0.25) is 0 Å². The number of nitrogens with one attached hydrogen (secondary N) is 1. The number of hydrogen-bond donors (Lipinski definition) is 1. The number of hydrogen-bond acceptors (Lipinski definition) is 5. The predicted molar refractivity (Wildman–Crippen MR) is 119 cm³/mol. The average Bonchev–Trinajstić information content (AvgIpc) is 2.80. The normalized spacial score (nSPS) is 11.6. The molecule has 1 amide bonds. The van der Waals surface area contributed by atoms with Crippen molar-refractivity contribution in [3.05, 3.63) is 89.0 Å². The van der Waals surface area contributed by atoms with Gasteiger partial charge in [0.2, 0.25) is 6.10 Å². The van der Waals surface area contributed by atoms with E-state index in [1.165, 1.54) is 25.3 Å². The summed E-state index contributed by atoms with van der Waals surface area (Å²) >= 11 is 0. The monoisotopic (exact) mass is 455 g/mol. The molecule has 1 atom stereocenters. The summed E-state index contributed by atoms with van der Waals surface area (Å²) in [6, 6.07) is 17.8. The molecule has 3 aromatic rings. The molecule has 3 aromatic carbocycles. The van der Waals surface area contributed by atoms with Gasteiger partial charge in [0, 0.05) is 11.3 Å². The minimum Gasteiger partial charge on any atom is -0.493 e. The summed E-state index contributed by atoms with van der Waals surface area (Å²) in [5.74, 6) is -1.66. The Morgan fingerprint density at radius 1 is 0.909 bits per heavy atom. The van der Waals surface area contributed by atoms with E-state index < -0.39 is 24.6 Å². The number of methoxy groups -OCH3 is 1. The summed E-state index contributed by atoms with van der Waals surface area (Å²) in [5, 5.41) is 2.82. The summed E-state index contributed by atoms with van der Waals surface area (Å²) in [4.78, 5) is 26.0. The Labute approximate surface area is 190 Å². The largest absolute Gasteiger partial charge is 0.493 e. The fourth-order valence-corrected chi connectivity index (χ4v) is 3.13. The second kappa shape index (κ2) is 10.6. The van der Waals surface area contributed by atoms with Gasteiger partial charge in [-0.05, 0) is 49.2 Å². The molecule has 1 N–H and O–H groups in total. The van der Waals surface area contributed by atoms with Crippen LogP contribution in [-0.2, 0) is 9.53 Å². The summed E-state index contributed by atoms with van der Waals surface area (Å²) in [6.45, 7) is 0.708. The highest BCUT2D eigenvalue weighted by atomic mass is 19.3. The van der Waals surface area contributed by atoms with E-state index >= 15 is 0 Å². The van der Waals surface area contributed by atoms with E-state index in [9.17, 15) is 18.4 Å². The van der Waals surface area contributed by atoms with Gasteiger partial charge < -0.3 is 19.5 Å². The number of carbonyl (C=O) groups excluding carboxylic acids is 2. The number of alkyl halides is 2. The van der Waals surface area contributed by atoms with E-state index in [0.717, 1.165) is 11.1 Å². The third-order valence-electron chi connectivity index (χ3n) is 4.83. The van der Waals surface area contributed by atoms with Crippen LogP contribution in [0.4, 0.5) is 14.5 Å². The van der Waals surface area contributed by atoms with Crippen LogP contribution in [-0.4, -0.2) is 25.6 Å². The van der Waals surface area contributed by atoms with Crippen LogP contribution in [0.1, 0.15) is 33.2 Å². The Kier molecular flexibility index (Phi) is 7.61. The number of benzene rings is 3. The zero-order valence-electron chi connectivity index (χ0n) is 18.3. The molecule has 0 fully saturated rings. The first kappa shape index (κ1) is 23.7. The second-order valence-electron chi connectivity index (χ2n) is 7.25. The van der Waals surface area contributed by atoms with Gasteiger partial charge in [0.05, 0.1) is 12.7 Å². The second-order valence-corrected chi connectivity index (χ2v) is 7.25. The van der Waals surface area contributed by atoms with Crippen molar-refractivity contribution in [1.82, 2.24) is 0 Å². The average molecular weight is 455 g/mol. The Bertz CT molecular complexity index is 1130. The predicted octanol–water partition coefficient (Wildman–Crippen LogP) is 5.45. The Balaban J connectivity index is 1.87. The zero-order valence-corrected chi connectivity index (χ0v) is 18.3. The number of anilines is 1. The lowest BCUT2D eigenvalue weighted by molar-refractivity contribution is -0.125. The van der Waals surface area contributed by atoms with Crippen molar-refractivity contribution in [3.8, 4) is 11.5 Å². The van der Waals surface area contributed by atoms with Gasteiger partial charge in [-0.1, -0.05) is 42.5 Å². The van der Waals surface area contributed by atoms with Gasteiger partial charge >= 0.3 is 12.6 Å². The maximum Gasteiger partial charge on any atom is 0.387 e. The topological polar surface area (TPSA) is 73.9 Å². The van der Waals surface area contributed by atoms with Crippen molar-refractivity contribution in [2.45, 2.75) is 26.6 Å². The van der Waals surface area contributed by atoms with Crippen molar-refractivity contribution >= 4 is 17.6 Å². The first-order chi connectivity index (χ1) is 15.8. The van der Waals surface area contributed by atoms with Gasteiger partial charge in [-0.25, -0.2) is 4.79 Å². The van der Waals surface area contributed by atoms with Crippen molar-refractivity contribution in [2.24, 2.45) is 0 Å². The summed E-state index contributed by atoms with van der Waals surface area (Å²) in [5.41, 5.74) is 2.90. The summed E-state index contributed by atoms with van der Waals surface area (Å²) in [7, 11) is 1.26. The van der Waals surface area contributed by atoms with Gasteiger partial charge in [0.15, 0.2) is 11.5 Å². The van der Waals surface area contributed by atoms with Crippen LogP contribution in [0.15, 0.2) is 66.7 Å². The molecule has 0 aromatic heterocycles. The van der Waals surface area contributed by atoms with Crippen molar-refractivity contribution in [1.29, 1.82) is 0 Å². The van der Waals surface area contributed by atoms with E-state index in [1.54, 1.807) is 30.3 Å². The molecule has 8 heteroatoms. The number of ether oxygens (including phenoxy) is 3. The standard InChI is InChI=1S/C25H23F2NO5/c1-15-9-10-16(2)19(13-15)28-23(29)22(17-7-5-4-6-8-17)33-24(30)18-11-12-20(32-25(26)27)21(14-18)31-3/h4-14,22,25H,1-3H3,(H,28,29). The van der Waals surface area contributed by atoms with E-state index in [-0.39, 0.29) is 17.1 Å². The molecule has 0 aliphatic rings. The molecule has 0 saturated carbocycles. The number of rotatable bonds is 8. The minimum atomic E-state index is -3.05. The highest BCUT2D eigenvalue weighted by Gasteiger charge is 2.27. The smallest absolute Gasteiger partial charge is 0.387 e. The van der Waals surface area contributed by atoms with E-state index in [2.05, 4.69) is 10.1 Å². The van der Waals surface area contributed by atoms with Crippen molar-refractivity contribution in [3.63, 3.8) is 0 Å². The molecule has 0 aliphatic carbocycles. The molecule has 0 radical (unpaired) electrons. The maximum absolute atomic E-state index is 13.1. The molecule has 172 valence electrons. The van der Waals surface area contributed by atoms with Gasteiger partial charge in [-0.15, -0.1) is 0 Å². The highest BCUT2D eigenvalue weighted by molar-refractivity contribution is 5.98. The molecule has 3 rings (SSSR count). The lowest BCUT2D eigenvalue weighted by atomic mass is 10.1. The number of esters is 1. The fraction of sp³-hybridized carbons (Fsp3) is 0.200. The molecular formula is C25H23F2NO5. The van der Waals surface area contributed by atoms with Crippen molar-refractivity contribution < 1.29 is 32.6 Å². The van der Waals surface area contributed by atoms with Crippen LogP contribution in [0.5, 0.6) is 11.5 Å². The van der Waals surface area contributed by atoms with Gasteiger partial charge in [-0.2, -0.15) is 8.78 Å². The van der Waals surface area contributed by atoms with Gasteiger partial charge in [0.25, 0.3) is 5.91 Å². The number of amides is 1. The lowest BCUT2D eigenvalue weighted by Crippen LogP contribution is -2.26. The SMILES string of the molecule is COc1cc(C(=O)OC(C(=O)Nc2cc(C)ccc2C)c2ccccc2)ccc1OC(F)F. The quantitative estimate of drug-likeness (QED) is 0.457. The molecule has 1 unspecified atom stereocenters. The Morgan fingerprint density at radius 3 is 2.30 bits per heavy atom. The van der Waals surface area contributed by atoms with Crippen LogP contribution in [0.3, 0.4) is 0 Å². The number of halogens is 2. The first-order valence-corrected chi connectivity index (χ1v) is 10.1. The molecule has 33 heavy (non-hydrogen) atoms. The zero-order chi connectivity index (χ0) is 24.0.